The van der Waals surface area contributed by atoms with Crippen LogP contribution in [-0.4, -0.2) is 61.6 Å². The quantitative estimate of drug-likeness (QED) is 0.648. The SMILES string of the molecule is COC1CCCCC1C1CCN(c2nc(C#CC3CC3)nc3ccc(N(C)CCO)cc23)CC1. The lowest BCUT2D eigenvalue weighted by atomic mass is 9.74. The normalized spacial score (nSPS) is 23.6. The molecule has 0 bridgehead atoms. The van der Waals surface area contributed by atoms with Gasteiger partial charge in [0.05, 0.1) is 18.2 Å². The molecule has 182 valence electrons. The summed E-state index contributed by atoms with van der Waals surface area (Å²) in [6.45, 7) is 2.75. The van der Waals surface area contributed by atoms with E-state index >= 15 is 0 Å². The third-order valence-electron chi connectivity index (χ3n) is 8.00. The Bertz CT molecular complexity index is 1050. The Hall–Kier alpha value is -2.36. The average molecular weight is 463 g/mol. The van der Waals surface area contributed by atoms with Crippen LogP contribution in [0.25, 0.3) is 10.9 Å². The van der Waals surface area contributed by atoms with Crippen LogP contribution in [0.1, 0.15) is 57.2 Å². The molecule has 2 aromatic rings. The number of aromatic nitrogens is 2. The number of benzene rings is 1. The van der Waals surface area contributed by atoms with Crippen molar-refractivity contribution in [3.63, 3.8) is 0 Å². The molecule has 2 aliphatic carbocycles. The number of rotatable bonds is 6. The van der Waals surface area contributed by atoms with Crippen molar-refractivity contribution >= 4 is 22.4 Å². The van der Waals surface area contributed by atoms with Crippen LogP contribution in [0.15, 0.2) is 18.2 Å². The summed E-state index contributed by atoms with van der Waals surface area (Å²) in [6.07, 6.45) is 10.4. The second-order valence-corrected chi connectivity index (χ2v) is 10.3. The molecule has 0 amide bonds. The standard InChI is InChI=1S/C28H38N4O2/c1-31(17-18-33)22-10-11-25-24(19-22)28(30-27(29-25)12-9-20-7-8-20)32-15-13-21(14-16-32)23-5-3-4-6-26(23)34-2/h10-11,19-21,23,26,33H,3-8,13-18H2,1-2H3. The van der Waals surface area contributed by atoms with E-state index in [-0.39, 0.29) is 6.61 Å². The van der Waals surface area contributed by atoms with E-state index in [0.717, 1.165) is 41.4 Å². The Morgan fingerprint density at radius 3 is 2.62 bits per heavy atom. The molecule has 5 rings (SSSR count). The summed E-state index contributed by atoms with van der Waals surface area (Å²) in [5.41, 5.74) is 2.02. The van der Waals surface area contributed by atoms with Crippen molar-refractivity contribution in [3.8, 4) is 11.8 Å². The van der Waals surface area contributed by atoms with Crippen molar-refractivity contribution in [1.82, 2.24) is 9.97 Å². The molecule has 2 unspecified atom stereocenters. The maximum Gasteiger partial charge on any atom is 0.207 e. The highest BCUT2D eigenvalue weighted by molar-refractivity contribution is 5.92. The number of aliphatic hydroxyl groups is 1. The van der Waals surface area contributed by atoms with Crippen LogP contribution in [0, 0.1) is 29.6 Å². The van der Waals surface area contributed by atoms with Gasteiger partial charge in [-0.1, -0.05) is 18.8 Å². The molecule has 2 heterocycles. The number of hydrogen-bond acceptors (Lipinski definition) is 6. The lowest BCUT2D eigenvalue weighted by Crippen LogP contribution is -2.41. The first-order valence-electron chi connectivity index (χ1n) is 13.1. The average Bonchev–Trinajstić information content (AvgIpc) is 3.71. The van der Waals surface area contributed by atoms with Gasteiger partial charge in [-0.05, 0) is 74.5 Å². The van der Waals surface area contributed by atoms with Crippen molar-refractivity contribution in [2.75, 3.05) is 50.2 Å². The molecule has 1 aromatic carbocycles. The van der Waals surface area contributed by atoms with E-state index in [9.17, 15) is 5.11 Å². The summed E-state index contributed by atoms with van der Waals surface area (Å²) in [5.74, 6) is 10.2. The molecule has 3 aliphatic rings. The molecule has 3 fully saturated rings. The Labute approximate surface area is 203 Å². The molecule has 34 heavy (non-hydrogen) atoms. The Kier molecular flexibility index (Phi) is 7.22. The van der Waals surface area contributed by atoms with Gasteiger partial charge in [-0.2, -0.15) is 0 Å². The first-order valence-corrected chi connectivity index (χ1v) is 13.1. The van der Waals surface area contributed by atoms with E-state index in [2.05, 4.69) is 39.8 Å². The highest BCUT2D eigenvalue weighted by Gasteiger charge is 2.34. The van der Waals surface area contributed by atoms with Crippen LogP contribution in [0.4, 0.5) is 11.5 Å². The van der Waals surface area contributed by atoms with Gasteiger partial charge in [-0.25, -0.2) is 9.97 Å². The van der Waals surface area contributed by atoms with E-state index < -0.39 is 0 Å². The van der Waals surface area contributed by atoms with Crippen LogP contribution >= 0.6 is 0 Å². The number of likely N-dealkylation sites (N-methyl/N-ethyl adjacent to an activating group) is 1. The van der Waals surface area contributed by atoms with Gasteiger partial charge in [0, 0.05) is 50.8 Å². The van der Waals surface area contributed by atoms with Gasteiger partial charge in [0.15, 0.2) is 0 Å². The number of methoxy groups -OCH3 is 1. The minimum absolute atomic E-state index is 0.130. The molecule has 2 saturated carbocycles. The molecule has 1 N–H and O–H groups in total. The number of ether oxygens (including phenoxy) is 1. The molecule has 1 aromatic heterocycles. The van der Waals surface area contributed by atoms with Gasteiger partial charge in [0.2, 0.25) is 5.82 Å². The maximum atomic E-state index is 9.39. The second-order valence-electron chi connectivity index (χ2n) is 10.3. The number of fused-ring (bicyclic) bond motifs is 1. The summed E-state index contributed by atoms with van der Waals surface area (Å²) in [6, 6.07) is 6.32. The van der Waals surface area contributed by atoms with E-state index in [0.29, 0.717) is 30.3 Å². The van der Waals surface area contributed by atoms with Crippen LogP contribution in [0.3, 0.4) is 0 Å². The van der Waals surface area contributed by atoms with Crippen molar-refractivity contribution < 1.29 is 9.84 Å². The zero-order valence-electron chi connectivity index (χ0n) is 20.7. The first-order chi connectivity index (χ1) is 16.7. The fourth-order valence-corrected chi connectivity index (χ4v) is 5.80. The Morgan fingerprint density at radius 1 is 1.09 bits per heavy atom. The van der Waals surface area contributed by atoms with Gasteiger partial charge < -0.3 is 19.6 Å². The third-order valence-corrected chi connectivity index (χ3v) is 8.00. The van der Waals surface area contributed by atoms with Gasteiger partial charge in [0.25, 0.3) is 0 Å². The monoisotopic (exact) mass is 462 g/mol. The van der Waals surface area contributed by atoms with Gasteiger partial charge in [-0.15, -0.1) is 0 Å². The van der Waals surface area contributed by atoms with Crippen LogP contribution in [0.2, 0.25) is 0 Å². The number of hydrogen-bond donors (Lipinski definition) is 1. The molecule has 6 nitrogen and oxygen atoms in total. The van der Waals surface area contributed by atoms with E-state index in [1.165, 1.54) is 51.4 Å². The van der Waals surface area contributed by atoms with Crippen molar-refractivity contribution in [2.45, 2.75) is 57.5 Å². The van der Waals surface area contributed by atoms with Crippen molar-refractivity contribution in [3.05, 3.63) is 24.0 Å². The summed E-state index contributed by atoms with van der Waals surface area (Å²) >= 11 is 0. The fourth-order valence-electron chi connectivity index (χ4n) is 5.80. The number of anilines is 2. The molecule has 6 heteroatoms. The van der Waals surface area contributed by atoms with E-state index in [1.54, 1.807) is 0 Å². The van der Waals surface area contributed by atoms with Crippen molar-refractivity contribution in [1.29, 1.82) is 0 Å². The third kappa shape index (κ3) is 5.16. The molecular formula is C28H38N4O2. The Balaban J connectivity index is 1.42. The molecule has 0 radical (unpaired) electrons. The van der Waals surface area contributed by atoms with Gasteiger partial charge in [0.1, 0.15) is 5.82 Å². The Morgan fingerprint density at radius 2 is 1.88 bits per heavy atom. The first kappa shape index (κ1) is 23.4. The summed E-state index contributed by atoms with van der Waals surface area (Å²) in [5, 5.41) is 10.5. The topological polar surface area (TPSA) is 61.7 Å². The number of piperidine rings is 1. The molecular weight excluding hydrogens is 424 g/mol. The van der Waals surface area contributed by atoms with Crippen LogP contribution in [-0.2, 0) is 4.74 Å². The predicted molar refractivity (Wildman–Crippen MR) is 137 cm³/mol. The van der Waals surface area contributed by atoms with E-state index in [4.69, 9.17) is 14.7 Å². The number of nitrogens with zero attached hydrogens (tertiary/aromatic N) is 4. The summed E-state index contributed by atoms with van der Waals surface area (Å²) in [4.78, 5) is 14.3. The predicted octanol–water partition coefficient (Wildman–Crippen LogP) is 4.24. The molecule has 1 saturated heterocycles. The molecule has 1 aliphatic heterocycles. The lowest BCUT2D eigenvalue weighted by Gasteiger charge is -2.41. The largest absolute Gasteiger partial charge is 0.395 e. The van der Waals surface area contributed by atoms with E-state index in [1.807, 2.05) is 14.2 Å². The minimum Gasteiger partial charge on any atom is -0.395 e. The smallest absolute Gasteiger partial charge is 0.207 e. The fraction of sp³-hybridized carbons (Fsp3) is 0.643. The van der Waals surface area contributed by atoms with Crippen molar-refractivity contribution in [2.24, 2.45) is 17.8 Å². The zero-order chi connectivity index (χ0) is 23.5. The minimum atomic E-state index is 0.130. The highest BCUT2D eigenvalue weighted by atomic mass is 16.5. The second kappa shape index (κ2) is 10.5. The zero-order valence-corrected chi connectivity index (χ0v) is 20.7. The summed E-state index contributed by atoms with van der Waals surface area (Å²) < 4.78 is 5.88. The maximum absolute atomic E-state index is 9.39. The molecule has 2 atom stereocenters. The van der Waals surface area contributed by atoms with Gasteiger partial charge >= 0.3 is 0 Å². The van der Waals surface area contributed by atoms with Crippen LogP contribution < -0.4 is 9.80 Å². The molecule has 0 spiro atoms. The van der Waals surface area contributed by atoms with Gasteiger partial charge in [-0.3, -0.25) is 0 Å². The summed E-state index contributed by atoms with van der Waals surface area (Å²) in [7, 11) is 3.90. The number of aliphatic hydroxyl groups excluding tert-OH is 1. The van der Waals surface area contributed by atoms with Crippen LogP contribution in [0.5, 0.6) is 0 Å². The lowest BCUT2D eigenvalue weighted by molar-refractivity contribution is -0.00632. The highest BCUT2D eigenvalue weighted by Crippen LogP contribution is 2.39.